The molecule has 1 aromatic heterocycles. The minimum absolute atomic E-state index is 0.154. The molecule has 0 aliphatic carbocycles. The maximum Gasteiger partial charge on any atom is 0.265 e. The van der Waals surface area contributed by atoms with Crippen molar-refractivity contribution in [2.75, 3.05) is 23.0 Å². The van der Waals surface area contributed by atoms with Gasteiger partial charge in [0.2, 0.25) is 5.52 Å². The molecule has 0 atom stereocenters. The molecule has 0 bridgehead atoms. The first-order valence-electron chi connectivity index (χ1n) is 10.4. The maximum absolute atomic E-state index is 11.1. The van der Waals surface area contributed by atoms with Crippen LogP contribution in [-0.2, 0) is 26.8 Å². The number of aryl methyl sites for hydroxylation is 1. The zero-order valence-corrected chi connectivity index (χ0v) is 24.2. The second kappa shape index (κ2) is 10.8. The van der Waals surface area contributed by atoms with Gasteiger partial charge in [0.25, 0.3) is 5.01 Å². The number of halogens is 2. The molecular formula is C21H19ClIN2O6S4-. The Morgan fingerprint density at radius 1 is 1.03 bits per heavy atom. The molecule has 188 valence electrons. The SMILES string of the molecule is O=S(=O)([O-])CCCN1C(=Cc2sc3ccc(I)cc3[n+]2CCCS(=O)(=O)[O-])Sc2ccc(Cl)cc21. The molecule has 35 heavy (non-hydrogen) atoms. The predicted octanol–water partition coefficient (Wildman–Crippen LogP) is 4.23. The summed E-state index contributed by atoms with van der Waals surface area (Å²) in [6.45, 7) is 0.656. The molecule has 0 unspecified atom stereocenters. The fraction of sp³-hybridized carbons (Fsp3) is 0.286. The average molecular weight is 686 g/mol. The number of aromatic nitrogens is 1. The minimum atomic E-state index is -4.33. The Labute approximate surface area is 230 Å². The molecule has 0 N–H and O–H groups in total. The first kappa shape index (κ1) is 27.1. The van der Waals surface area contributed by atoms with E-state index in [9.17, 15) is 25.9 Å². The molecular weight excluding hydrogens is 667 g/mol. The Morgan fingerprint density at radius 3 is 2.46 bits per heavy atom. The zero-order valence-electron chi connectivity index (χ0n) is 18.0. The lowest BCUT2D eigenvalue weighted by atomic mass is 10.2. The molecule has 0 spiro atoms. The van der Waals surface area contributed by atoms with E-state index in [1.165, 1.54) is 23.1 Å². The van der Waals surface area contributed by atoms with E-state index in [-0.39, 0.29) is 12.8 Å². The molecule has 1 aliphatic heterocycles. The number of nitrogens with zero attached hydrogens (tertiary/aromatic N) is 2. The Kier molecular flexibility index (Phi) is 8.37. The van der Waals surface area contributed by atoms with Crippen LogP contribution in [0.3, 0.4) is 0 Å². The van der Waals surface area contributed by atoms with Crippen LogP contribution in [-0.4, -0.2) is 44.0 Å². The van der Waals surface area contributed by atoms with Crippen molar-refractivity contribution in [2.24, 2.45) is 0 Å². The lowest BCUT2D eigenvalue weighted by molar-refractivity contribution is -0.668. The molecule has 2 heterocycles. The van der Waals surface area contributed by atoms with Crippen molar-refractivity contribution in [3.8, 4) is 0 Å². The van der Waals surface area contributed by atoms with Gasteiger partial charge in [0.05, 0.1) is 37.0 Å². The second-order valence-corrected chi connectivity index (χ2v) is 14.6. The van der Waals surface area contributed by atoms with Crippen LogP contribution in [0.15, 0.2) is 46.3 Å². The van der Waals surface area contributed by atoms with Crippen LogP contribution >= 0.6 is 57.3 Å². The summed E-state index contributed by atoms with van der Waals surface area (Å²) in [4.78, 5) is 2.89. The van der Waals surface area contributed by atoms with E-state index in [1.54, 1.807) is 12.1 Å². The average Bonchev–Trinajstić information content (AvgIpc) is 3.24. The summed E-state index contributed by atoms with van der Waals surface area (Å²) in [7, 11) is -8.66. The number of thioether (sulfide) groups is 1. The fourth-order valence-electron chi connectivity index (χ4n) is 3.73. The van der Waals surface area contributed by atoms with Crippen LogP contribution in [0.1, 0.15) is 17.8 Å². The first-order valence-corrected chi connectivity index (χ1v) is 16.6. The lowest BCUT2D eigenvalue weighted by Gasteiger charge is -2.20. The molecule has 0 fully saturated rings. The van der Waals surface area contributed by atoms with Gasteiger partial charge in [0.15, 0.2) is 6.54 Å². The fourth-order valence-corrected chi connectivity index (χ4v) is 7.62. The van der Waals surface area contributed by atoms with Gasteiger partial charge >= 0.3 is 0 Å². The van der Waals surface area contributed by atoms with Gasteiger partial charge in [-0.2, -0.15) is 4.57 Å². The number of hydrogen-bond acceptors (Lipinski definition) is 9. The van der Waals surface area contributed by atoms with Gasteiger partial charge in [-0.25, -0.2) is 16.8 Å². The highest BCUT2D eigenvalue weighted by Crippen LogP contribution is 2.47. The highest BCUT2D eigenvalue weighted by Gasteiger charge is 2.28. The van der Waals surface area contributed by atoms with E-state index < -0.39 is 31.7 Å². The van der Waals surface area contributed by atoms with Crippen molar-refractivity contribution >= 4 is 99.5 Å². The molecule has 2 aromatic carbocycles. The van der Waals surface area contributed by atoms with Gasteiger partial charge in [0, 0.05) is 44.0 Å². The monoisotopic (exact) mass is 685 g/mol. The second-order valence-electron chi connectivity index (χ2n) is 7.78. The topological polar surface area (TPSA) is 122 Å². The van der Waals surface area contributed by atoms with Gasteiger partial charge in [-0.1, -0.05) is 34.7 Å². The van der Waals surface area contributed by atoms with Gasteiger partial charge in [-0.3, -0.25) is 0 Å². The summed E-state index contributed by atoms with van der Waals surface area (Å²) in [6, 6.07) is 11.5. The maximum atomic E-state index is 11.1. The minimum Gasteiger partial charge on any atom is -0.748 e. The Bertz CT molecular complexity index is 1520. The summed E-state index contributed by atoms with van der Waals surface area (Å²) >= 11 is 11.5. The van der Waals surface area contributed by atoms with Crippen molar-refractivity contribution in [2.45, 2.75) is 24.3 Å². The summed E-state index contributed by atoms with van der Waals surface area (Å²) in [5.74, 6) is -0.923. The Morgan fingerprint density at radius 2 is 1.74 bits per heavy atom. The first-order chi connectivity index (χ1) is 16.4. The van der Waals surface area contributed by atoms with E-state index in [0.717, 1.165) is 34.4 Å². The highest BCUT2D eigenvalue weighted by atomic mass is 127. The largest absolute Gasteiger partial charge is 0.748 e. The smallest absolute Gasteiger partial charge is 0.265 e. The van der Waals surface area contributed by atoms with E-state index in [4.69, 9.17) is 11.6 Å². The number of hydrogen-bond donors (Lipinski definition) is 0. The predicted molar refractivity (Wildman–Crippen MR) is 146 cm³/mol. The Hall–Kier alpha value is -0.940. The molecule has 4 rings (SSSR count). The molecule has 0 amide bonds. The van der Waals surface area contributed by atoms with E-state index in [0.29, 0.717) is 18.1 Å². The standard InChI is InChI=1S/C21H20ClIN2O6S4/c22-14-3-5-18-16(11-14)24(7-1-9-34(26,27)28)20(32-18)13-21-25(8-2-10-35(29,30)31)17-12-15(23)4-6-19(17)33-21/h3-6,11-13H,1-2,7-10H2,(H-,26,27,28,29,30,31)/p-1. The molecule has 3 aromatic rings. The molecule has 0 saturated heterocycles. The lowest BCUT2D eigenvalue weighted by Crippen LogP contribution is -2.36. The van der Waals surface area contributed by atoms with Crippen LogP contribution in [0, 0.1) is 3.57 Å². The van der Waals surface area contributed by atoms with Gasteiger partial charge in [-0.05, 0) is 59.3 Å². The number of rotatable bonds is 9. The van der Waals surface area contributed by atoms with Gasteiger partial charge in [0.1, 0.15) is 4.70 Å². The van der Waals surface area contributed by atoms with Crippen molar-refractivity contribution in [1.29, 1.82) is 0 Å². The van der Waals surface area contributed by atoms with E-state index >= 15 is 0 Å². The summed E-state index contributed by atoms with van der Waals surface area (Å²) in [6.07, 6.45) is 2.30. The molecule has 0 radical (unpaired) electrons. The van der Waals surface area contributed by atoms with Gasteiger partial charge in [-0.15, -0.1) is 0 Å². The van der Waals surface area contributed by atoms with Crippen molar-refractivity contribution in [3.63, 3.8) is 0 Å². The van der Waals surface area contributed by atoms with Gasteiger partial charge < -0.3 is 14.0 Å². The number of thiazole rings is 1. The van der Waals surface area contributed by atoms with Crippen LogP contribution in [0.4, 0.5) is 5.69 Å². The third kappa shape index (κ3) is 7.09. The van der Waals surface area contributed by atoms with Crippen molar-refractivity contribution < 1.29 is 30.5 Å². The summed E-state index contributed by atoms with van der Waals surface area (Å²) in [5, 5.41) is 2.22. The number of anilines is 1. The van der Waals surface area contributed by atoms with Crippen LogP contribution in [0.5, 0.6) is 0 Å². The molecule has 1 aliphatic rings. The van der Waals surface area contributed by atoms with Crippen molar-refractivity contribution in [1.82, 2.24) is 0 Å². The normalized spacial score (nSPS) is 15.3. The zero-order chi connectivity index (χ0) is 25.4. The van der Waals surface area contributed by atoms with E-state index in [2.05, 4.69) is 22.6 Å². The molecule has 0 saturated carbocycles. The van der Waals surface area contributed by atoms with Crippen molar-refractivity contribution in [3.05, 3.63) is 55.0 Å². The third-order valence-corrected chi connectivity index (χ3v) is 9.89. The van der Waals surface area contributed by atoms with Crippen LogP contribution in [0.25, 0.3) is 16.3 Å². The summed E-state index contributed by atoms with van der Waals surface area (Å²) < 4.78 is 70.9. The number of fused-ring (bicyclic) bond motifs is 2. The Balaban J connectivity index is 1.73. The molecule has 8 nitrogen and oxygen atoms in total. The third-order valence-electron chi connectivity index (χ3n) is 5.18. The molecule has 14 heteroatoms. The summed E-state index contributed by atoms with van der Waals surface area (Å²) in [5.41, 5.74) is 1.77. The highest BCUT2D eigenvalue weighted by molar-refractivity contribution is 14.1. The van der Waals surface area contributed by atoms with E-state index in [1.807, 2.05) is 39.8 Å². The van der Waals surface area contributed by atoms with Crippen LogP contribution in [0.2, 0.25) is 5.02 Å². The number of benzene rings is 2. The quantitative estimate of drug-likeness (QED) is 0.187. The van der Waals surface area contributed by atoms with Crippen LogP contribution < -0.4 is 9.47 Å².